The van der Waals surface area contributed by atoms with E-state index in [1.54, 1.807) is 7.11 Å². The van der Waals surface area contributed by atoms with Crippen molar-refractivity contribution in [1.82, 2.24) is 4.57 Å². The lowest BCUT2D eigenvalue weighted by Crippen LogP contribution is -2.10. The third-order valence-electron chi connectivity index (χ3n) is 3.84. The number of aryl methyl sites for hydroxylation is 1. The van der Waals surface area contributed by atoms with Gasteiger partial charge in [0.2, 0.25) is 0 Å². The summed E-state index contributed by atoms with van der Waals surface area (Å²) in [7, 11) is 3.03. The number of rotatable bonds is 3. The molecule has 1 heterocycles. The first-order valence-electron chi connectivity index (χ1n) is 7.00. The fraction of sp³-hybridized carbons (Fsp3) is 0.167. The minimum atomic E-state index is -0.347. The molecule has 0 radical (unpaired) electrons. The molecule has 0 aliphatic rings. The number of benzene rings is 2. The number of hydrogen-bond acceptors (Lipinski definition) is 3. The minimum absolute atomic E-state index is 0.347. The Hall–Kier alpha value is -2.75. The van der Waals surface area contributed by atoms with Gasteiger partial charge >= 0.3 is 5.97 Å². The number of aromatic nitrogens is 1. The predicted molar refractivity (Wildman–Crippen MR) is 85.9 cm³/mol. The van der Waals surface area contributed by atoms with Gasteiger partial charge in [-0.25, -0.2) is 4.79 Å². The zero-order valence-corrected chi connectivity index (χ0v) is 12.8. The molecule has 0 N–H and O–H groups in total. The zero-order valence-electron chi connectivity index (χ0n) is 12.8. The Balaban J connectivity index is 2.31. The smallest absolute Gasteiger partial charge is 0.355 e. The highest BCUT2D eigenvalue weighted by Crippen LogP contribution is 2.30. The molecule has 22 heavy (non-hydrogen) atoms. The molecular formula is C18H17NO3. The molecule has 0 saturated heterocycles. The molecule has 3 aromatic rings. The van der Waals surface area contributed by atoms with Gasteiger partial charge in [-0.05, 0) is 31.2 Å². The van der Waals surface area contributed by atoms with Crippen molar-refractivity contribution >= 4 is 16.7 Å². The molecule has 4 heteroatoms. The van der Waals surface area contributed by atoms with E-state index < -0.39 is 0 Å². The van der Waals surface area contributed by atoms with Crippen LogP contribution in [0.2, 0.25) is 0 Å². The molecule has 0 fully saturated rings. The van der Waals surface area contributed by atoms with Crippen LogP contribution < -0.4 is 4.74 Å². The van der Waals surface area contributed by atoms with Gasteiger partial charge in [0.15, 0.2) is 0 Å². The highest BCUT2D eigenvalue weighted by molar-refractivity contribution is 6.05. The van der Waals surface area contributed by atoms with Crippen LogP contribution >= 0.6 is 0 Å². The Morgan fingerprint density at radius 2 is 1.59 bits per heavy atom. The SMILES string of the molecule is COC(=O)c1c2ccccc2c(C)n1-c1ccc(OC)cc1. The van der Waals surface area contributed by atoms with Gasteiger partial charge in [0.1, 0.15) is 11.4 Å². The largest absolute Gasteiger partial charge is 0.497 e. The second-order valence-corrected chi connectivity index (χ2v) is 5.00. The lowest BCUT2D eigenvalue weighted by Gasteiger charge is -2.11. The van der Waals surface area contributed by atoms with Crippen molar-refractivity contribution in [3.8, 4) is 11.4 Å². The summed E-state index contributed by atoms with van der Waals surface area (Å²) < 4.78 is 12.1. The molecule has 4 nitrogen and oxygen atoms in total. The minimum Gasteiger partial charge on any atom is -0.497 e. The first kappa shape index (κ1) is 14.2. The number of hydrogen-bond donors (Lipinski definition) is 0. The van der Waals surface area contributed by atoms with Crippen molar-refractivity contribution in [1.29, 1.82) is 0 Å². The average Bonchev–Trinajstić information content (AvgIpc) is 2.87. The fourth-order valence-corrected chi connectivity index (χ4v) is 2.77. The summed E-state index contributed by atoms with van der Waals surface area (Å²) in [6, 6.07) is 15.4. The second-order valence-electron chi connectivity index (χ2n) is 5.00. The Bertz CT molecular complexity index is 831. The molecule has 112 valence electrons. The average molecular weight is 295 g/mol. The Kier molecular flexibility index (Phi) is 3.59. The molecule has 0 bridgehead atoms. The summed E-state index contributed by atoms with van der Waals surface area (Å²) in [5, 5.41) is 1.93. The molecule has 0 unspecified atom stereocenters. The van der Waals surface area contributed by atoms with Crippen LogP contribution in [0.4, 0.5) is 0 Å². The van der Waals surface area contributed by atoms with Crippen molar-refractivity contribution in [2.75, 3.05) is 14.2 Å². The van der Waals surface area contributed by atoms with Gasteiger partial charge in [-0.3, -0.25) is 0 Å². The van der Waals surface area contributed by atoms with Gasteiger partial charge in [0, 0.05) is 22.2 Å². The highest BCUT2D eigenvalue weighted by atomic mass is 16.5. The predicted octanol–water partition coefficient (Wildman–Crippen LogP) is 3.73. The fourth-order valence-electron chi connectivity index (χ4n) is 2.77. The lowest BCUT2D eigenvalue weighted by atomic mass is 10.1. The molecule has 0 atom stereocenters. The van der Waals surface area contributed by atoms with Crippen molar-refractivity contribution in [3.05, 3.63) is 59.9 Å². The summed E-state index contributed by atoms with van der Waals surface area (Å²) >= 11 is 0. The van der Waals surface area contributed by atoms with E-state index in [0.29, 0.717) is 5.69 Å². The molecule has 0 aliphatic heterocycles. The Morgan fingerprint density at radius 1 is 0.955 bits per heavy atom. The van der Waals surface area contributed by atoms with E-state index in [1.807, 2.05) is 60.0 Å². The standard InChI is InChI=1S/C18H17NO3/c1-12-15-6-4-5-7-16(15)17(18(20)22-3)19(12)13-8-10-14(21-2)11-9-13/h4-11H,1-3H3. The number of fused-ring (bicyclic) bond motifs is 1. The van der Waals surface area contributed by atoms with Crippen LogP contribution in [0.5, 0.6) is 5.75 Å². The third kappa shape index (κ3) is 2.13. The van der Waals surface area contributed by atoms with Crippen LogP contribution in [0, 0.1) is 6.92 Å². The normalized spacial score (nSPS) is 10.7. The van der Waals surface area contributed by atoms with Crippen LogP contribution in [0.15, 0.2) is 48.5 Å². The maximum absolute atomic E-state index is 12.3. The van der Waals surface area contributed by atoms with E-state index in [0.717, 1.165) is 27.9 Å². The summed E-state index contributed by atoms with van der Waals surface area (Å²) in [6.07, 6.45) is 0. The maximum atomic E-state index is 12.3. The summed E-state index contributed by atoms with van der Waals surface area (Å²) in [4.78, 5) is 12.3. The highest BCUT2D eigenvalue weighted by Gasteiger charge is 2.21. The second kappa shape index (κ2) is 5.56. The van der Waals surface area contributed by atoms with Crippen molar-refractivity contribution < 1.29 is 14.3 Å². The number of carbonyl (C=O) groups excluding carboxylic acids is 1. The van der Waals surface area contributed by atoms with E-state index in [4.69, 9.17) is 9.47 Å². The first-order valence-corrected chi connectivity index (χ1v) is 7.00. The van der Waals surface area contributed by atoms with Crippen LogP contribution in [0.3, 0.4) is 0 Å². The maximum Gasteiger partial charge on any atom is 0.355 e. The number of carbonyl (C=O) groups is 1. The molecule has 0 aliphatic carbocycles. The quantitative estimate of drug-likeness (QED) is 0.691. The third-order valence-corrected chi connectivity index (χ3v) is 3.84. The van der Waals surface area contributed by atoms with Crippen LogP contribution in [0.1, 0.15) is 16.2 Å². The number of ether oxygens (including phenoxy) is 2. The van der Waals surface area contributed by atoms with Crippen LogP contribution in [0.25, 0.3) is 16.5 Å². The van der Waals surface area contributed by atoms with Crippen LogP contribution in [-0.2, 0) is 4.74 Å². The topological polar surface area (TPSA) is 40.5 Å². The zero-order chi connectivity index (χ0) is 15.7. The van der Waals surface area contributed by atoms with Crippen LogP contribution in [-0.4, -0.2) is 24.8 Å². The van der Waals surface area contributed by atoms with Gasteiger partial charge in [-0.1, -0.05) is 24.3 Å². The molecule has 3 rings (SSSR count). The molecular weight excluding hydrogens is 278 g/mol. The van der Waals surface area contributed by atoms with E-state index >= 15 is 0 Å². The monoisotopic (exact) mass is 295 g/mol. The first-order chi connectivity index (χ1) is 10.7. The van der Waals surface area contributed by atoms with Crippen molar-refractivity contribution in [2.24, 2.45) is 0 Å². The van der Waals surface area contributed by atoms with Gasteiger partial charge < -0.3 is 14.0 Å². The van der Waals surface area contributed by atoms with E-state index in [-0.39, 0.29) is 5.97 Å². The molecule has 0 saturated carbocycles. The van der Waals surface area contributed by atoms with Crippen molar-refractivity contribution in [2.45, 2.75) is 6.92 Å². The van der Waals surface area contributed by atoms with Gasteiger partial charge in [-0.15, -0.1) is 0 Å². The summed E-state index contributed by atoms with van der Waals surface area (Å²) in [5.74, 6) is 0.429. The molecule has 0 spiro atoms. The molecule has 2 aromatic carbocycles. The number of methoxy groups -OCH3 is 2. The number of esters is 1. The lowest BCUT2D eigenvalue weighted by molar-refractivity contribution is 0.0594. The van der Waals surface area contributed by atoms with E-state index in [1.165, 1.54) is 7.11 Å². The molecule has 0 amide bonds. The van der Waals surface area contributed by atoms with E-state index in [9.17, 15) is 4.79 Å². The molecule has 1 aromatic heterocycles. The van der Waals surface area contributed by atoms with Gasteiger partial charge in [0.05, 0.1) is 14.2 Å². The summed E-state index contributed by atoms with van der Waals surface area (Å²) in [5.41, 5.74) is 2.44. The Morgan fingerprint density at radius 3 is 2.18 bits per heavy atom. The van der Waals surface area contributed by atoms with Gasteiger partial charge in [0.25, 0.3) is 0 Å². The Labute approximate surface area is 128 Å². The number of nitrogens with zero attached hydrogens (tertiary/aromatic N) is 1. The summed E-state index contributed by atoms with van der Waals surface area (Å²) in [6.45, 7) is 2.00. The van der Waals surface area contributed by atoms with Gasteiger partial charge in [-0.2, -0.15) is 0 Å². The van der Waals surface area contributed by atoms with E-state index in [2.05, 4.69) is 0 Å². The van der Waals surface area contributed by atoms with Crippen molar-refractivity contribution in [3.63, 3.8) is 0 Å².